The van der Waals surface area contributed by atoms with Gasteiger partial charge in [-0.3, -0.25) is 0 Å². The molecule has 5 aromatic rings. The summed E-state index contributed by atoms with van der Waals surface area (Å²) in [6.07, 6.45) is 1.44. The zero-order valence-corrected chi connectivity index (χ0v) is 17.7. The van der Waals surface area contributed by atoms with Gasteiger partial charge in [0.15, 0.2) is 5.65 Å². The van der Waals surface area contributed by atoms with Crippen LogP contribution in [0.5, 0.6) is 5.75 Å². The zero-order chi connectivity index (χ0) is 21.9. The van der Waals surface area contributed by atoms with Gasteiger partial charge in [0.1, 0.15) is 24.5 Å². The molecule has 32 heavy (non-hydrogen) atoms. The monoisotopic (exact) mass is 418 g/mol. The minimum atomic E-state index is 0.423. The van der Waals surface area contributed by atoms with Gasteiger partial charge in [-0.25, -0.2) is 15.0 Å². The smallest absolute Gasteiger partial charge is 0.165 e. The van der Waals surface area contributed by atoms with Gasteiger partial charge in [0.25, 0.3) is 0 Å². The summed E-state index contributed by atoms with van der Waals surface area (Å²) in [7, 11) is 0. The number of fused-ring (bicyclic) bond motifs is 1. The van der Waals surface area contributed by atoms with Crippen LogP contribution in [0.4, 0.5) is 5.82 Å². The number of aromatic nitrogens is 3. The normalized spacial score (nSPS) is 10.9. The number of nitrogen functional groups attached to an aromatic ring is 1. The molecule has 2 N–H and O–H groups in total. The number of hydrogen-bond acceptors (Lipinski definition) is 5. The van der Waals surface area contributed by atoms with Crippen molar-refractivity contribution in [3.8, 4) is 28.1 Å². The number of nitrogens with zero attached hydrogens (tertiary/aromatic N) is 3. The number of nitrogens with two attached hydrogens (primary N) is 1. The lowest BCUT2D eigenvalue weighted by Gasteiger charge is -2.13. The van der Waals surface area contributed by atoms with Crippen LogP contribution in [0, 0.1) is 6.92 Å². The zero-order valence-electron chi connectivity index (χ0n) is 17.7. The Morgan fingerprint density at radius 2 is 1.53 bits per heavy atom. The van der Waals surface area contributed by atoms with Crippen molar-refractivity contribution in [3.63, 3.8) is 0 Å². The summed E-state index contributed by atoms with van der Waals surface area (Å²) in [6, 6.07) is 28.5. The second kappa shape index (κ2) is 8.47. The van der Waals surface area contributed by atoms with Crippen LogP contribution in [0.2, 0.25) is 0 Å². The molecule has 0 amide bonds. The first-order valence-electron chi connectivity index (χ1n) is 10.4. The minimum Gasteiger partial charge on any atom is -0.489 e. The van der Waals surface area contributed by atoms with Gasteiger partial charge in [0.2, 0.25) is 0 Å². The molecule has 0 saturated heterocycles. The molecular formula is C27H22N4O. The van der Waals surface area contributed by atoms with E-state index in [-0.39, 0.29) is 0 Å². The average Bonchev–Trinajstić information content (AvgIpc) is 2.84. The lowest BCUT2D eigenvalue weighted by Crippen LogP contribution is -1.98. The summed E-state index contributed by atoms with van der Waals surface area (Å²) < 4.78 is 5.94. The van der Waals surface area contributed by atoms with E-state index in [0.29, 0.717) is 18.1 Å². The van der Waals surface area contributed by atoms with E-state index >= 15 is 0 Å². The molecule has 0 spiro atoms. The fourth-order valence-corrected chi connectivity index (χ4v) is 3.63. The molecule has 0 saturated carbocycles. The summed E-state index contributed by atoms with van der Waals surface area (Å²) >= 11 is 0. The minimum absolute atomic E-state index is 0.423. The average molecular weight is 419 g/mol. The van der Waals surface area contributed by atoms with Crippen molar-refractivity contribution in [2.45, 2.75) is 13.5 Å². The van der Waals surface area contributed by atoms with Crippen molar-refractivity contribution in [2.75, 3.05) is 5.73 Å². The van der Waals surface area contributed by atoms with Crippen LogP contribution < -0.4 is 10.5 Å². The van der Waals surface area contributed by atoms with Crippen molar-refractivity contribution in [3.05, 3.63) is 102 Å². The van der Waals surface area contributed by atoms with Gasteiger partial charge in [-0.05, 0) is 48.4 Å². The van der Waals surface area contributed by atoms with Crippen molar-refractivity contribution in [2.24, 2.45) is 0 Å². The second-order valence-electron chi connectivity index (χ2n) is 7.68. The Bertz CT molecular complexity index is 1370. The van der Waals surface area contributed by atoms with Crippen LogP contribution in [0.25, 0.3) is 33.4 Å². The molecule has 5 nitrogen and oxygen atoms in total. The Balaban J connectivity index is 1.53. The van der Waals surface area contributed by atoms with Gasteiger partial charge in [0.05, 0.1) is 11.1 Å². The lowest BCUT2D eigenvalue weighted by molar-refractivity contribution is 0.306. The summed E-state index contributed by atoms with van der Waals surface area (Å²) in [6.45, 7) is 2.60. The maximum absolute atomic E-state index is 6.11. The van der Waals surface area contributed by atoms with Gasteiger partial charge in [0, 0.05) is 11.1 Å². The first kappa shape index (κ1) is 19.7. The lowest BCUT2D eigenvalue weighted by atomic mass is 9.97. The molecule has 156 valence electrons. The Hall–Kier alpha value is -4.25. The van der Waals surface area contributed by atoms with E-state index in [1.807, 2.05) is 48.5 Å². The van der Waals surface area contributed by atoms with E-state index in [1.165, 1.54) is 11.9 Å². The highest BCUT2D eigenvalue weighted by Crippen LogP contribution is 2.34. The first-order valence-corrected chi connectivity index (χ1v) is 10.4. The molecule has 0 atom stereocenters. The van der Waals surface area contributed by atoms with Crippen LogP contribution in [0.1, 0.15) is 11.1 Å². The second-order valence-corrected chi connectivity index (χ2v) is 7.68. The Kier molecular flexibility index (Phi) is 5.22. The molecule has 3 aromatic carbocycles. The van der Waals surface area contributed by atoms with Crippen LogP contribution in [-0.4, -0.2) is 15.0 Å². The third kappa shape index (κ3) is 4.01. The highest BCUT2D eigenvalue weighted by molar-refractivity contribution is 5.94. The summed E-state index contributed by atoms with van der Waals surface area (Å²) in [4.78, 5) is 13.3. The SMILES string of the molecule is Cc1ccc(-c2cc3c(N)ncnc3nc2-c2ccc(OCc3ccccc3)cc2)cc1. The molecule has 0 unspecified atom stereocenters. The quantitative estimate of drug-likeness (QED) is 0.389. The van der Waals surface area contributed by atoms with Crippen LogP contribution in [-0.2, 0) is 6.61 Å². The molecule has 2 aromatic heterocycles. The topological polar surface area (TPSA) is 73.9 Å². The predicted octanol–water partition coefficient (Wildman–Crippen LogP) is 5.83. The Morgan fingerprint density at radius 3 is 2.28 bits per heavy atom. The summed E-state index contributed by atoms with van der Waals surface area (Å²) in [5.41, 5.74) is 12.9. The largest absolute Gasteiger partial charge is 0.489 e. The molecule has 0 radical (unpaired) electrons. The number of rotatable bonds is 5. The number of benzene rings is 3. The maximum atomic E-state index is 6.11. The highest BCUT2D eigenvalue weighted by atomic mass is 16.5. The van der Waals surface area contributed by atoms with E-state index in [0.717, 1.165) is 39.1 Å². The van der Waals surface area contributed by atoms with Gasteiger partial charge in [-0.15, -0.1) is 0 Å². The van der Waals surface area contributed by atoms with Crippen LogP contribution in [0.3, 0.4) is 0 Å². The van der Waals surface area contributed by atoms with Gasteiger partial charge in [-0.2, -0.15) is 0 Å². The molecule has 0 fully saturated rings. The van der Waals surface area contributed by atoms with Gasteiger partial charge < -0.3 is 10.5 Å². The molecule has 2 heterocycles. The van der Waals surface area contributed by atoms with E-state index in [9.17, 15) is 0 Å². The maximum Gasteiger partial charge on any atom is 0.165 e. The van der Waals surface area contributed by atoms with E-state index < -0.39 is 0 Å². The molecule has 5 rings (SSSR count). The van der Waals surface area contributed by atoms with E-state index in [4.69, 9.17) is 15.5 Å². The molecular weight excluding hydrogens is 396 g/mol. The van der Waals surface area contributed by atoms with Crippen molar-refractivity contribution in [1.29, 1.82) is 0 Å². The number of hydrogen-bond donors (Lipinski definition) is 1. The highest BCUT2D eigenvalue weighted by Gasteiger charge is 2.14. The van der Waals surface area contributed by atoms with E-state index in [2.05, 4.69) is 53.3 Å². The molecule has 0 bridgehead atoms. The summed E-state index contributed by atoms with van der Waals surface area (Å²) in [5.74, 6) is 1.23. The number of aryl methyl sites for hydroxylation is 1. The first-order chi connectivity index (χ1) is 15.7. The van der Waals surface area contributed by atoms with Crippen LogP contribution >= 0.6 is 0 Å². The standard InChI is InChI=1S/C27H22N4O/c1-18-7-9-20(10-8-18)23-15-24-26(28)29-17-30-27(24)31-25(23)21-11-13-22(14-12-21)32-16-19-5-3-2-4-6-19/h2-15,17H,16H2,1H3,(H2,28,29,30,31). The molecule has 0 aliphatic heterocycles. The van der Waals surface area contributed by atoms with Crippen molar-refractivity contribution >= 4 is 16.9 Å². The summed E-state index contributed by atoms with van der Waals surface area (Å²) in [5, 5.41) is 0.745. The van der Waals surface area contributed by atoms with Crippen LogP contribution in [0.15, 0.2) is 91.3 Å². The van der Waals surface area contributed by atoms with Gasteiger partial charge >= 0.3 is 0 Å². The van der Waals surface area contributed by atoms with E-state index in [1.54, 1.807) is 0 Å². The number of anilines is 1. The fraction of sp³-hybridized carbons (Fsp3) is 0.0741. The predicted molar refractivity (Wildman–Crippen MR) is 128 cm³/mol. The third-order valence-corrected chi connectivity index (χ3v) is 5.39. The Morgan fingerprint density at radius 1 is 0.812 bits per heavy atom. The molecule has 5 heteroatoms. The fourth-order valence-electron chi connectivity index (χ4n) is 3.63. The molecule has 0 aliphatic rings. The number of pyridine rings is 1. The van der Waals surface area contributed by atoms with Gasteiger partial charge in [-0.1, -0.05) is 60.2 Å². The Labute approximate surface area is 186 Å². The number of ether oxygens (including phenoxy) is 1. The molecule has 0 aliphatic carbocycles. The van der Waals surface area contributed by atoms with Crippen molar-refractivity contribution in [1.82, 2.24) is 15.0 Å². The third-order valence-electron chi connectivity index (χ3n) is 5.39. The van der Waals surface area contributed by atoms with Crippen molar-refractivity contribution < 1.29 is 4.74 Å².